The van der Waals surface area contributed by atoms with Crippen LogP contribution < -0.4 is 5.32 Å². The second-order valence-electron chi connectivity index (χ2n) is 5.22. The van der Waals surface area contributed by atoms with Gasteiger partial charge in [0.15, 0.2) is 0 Å². The first kappa shape index (κ1) is 14.4. The van der Waals surface area contributed by atoms with Crippen molar-refractivity contribution >= 4 is 17.5 Å². The number of carbonyl (C=O) groups is 1. The van der Waals surface area contributed by atoms with Crippen LogP contribution >= 0.6 is 11.6 Å². The first-order valence-electron chi connectivity index (χ1n) is 6.83. The highest BCUT2D eigenvalue weighted by Crippen LogP contribution is 2.20. The minimum atomic E-state index is 0.182. The Morgan fingerprint density at radius 3 is 2.68 bits per heavy atom. The third-order valence-electron chi connectivity index (χ3n) is 3.77. The van der Waals surface area contributed by atoms with E-state index < -0.39 is 0 Å². The number of hydrogen-bond acceptors (Lipinski definition) is 2. The second kappa shape index (κ2) is 6.40. The maximum absolute atomic E-state index is 11.3. The molecule has 0 spiro atoms. The Bertz CT molecular complexity index is 442. The highest BCUT2D eigenvalue weighted by Gasteiger charge is 2.21. The van der Waals surface area contributed by atoms with Crippen molar-refractivity contribution in [2.75, 3.05) is 13.1 Å². The molecule has 0 saturated carbocycles. The van der Waals surface area contributed by atoms with Gasteiger partial charge in [-0.25, -0.2) is 0 Å². The van der Waals surface area contributed by atoms with Crippen LogP contribution in [0.3, 0.4) is 0 Å². The van der Waals surface area contributed by atoms with Crippen molar-refractivity contribution in [2.24, 2.45) is 0 Å². The summed E-state index contributed by atoms with van der Waals surface area (Å²) in [4.78, 5) is 13.2. The number of hydrogen-bond donors (Lipinski definition) is 1. The third kappa shape index (κ3) is 3.95. The lowest BCUT2D eigenvalue weighted by atomic mass is 10.0. The summed E-state index contributed by atoms with van der Waals surface area (Å²) in [5, 5.41) is 4.40. The van der Waals surface area contributed by atoms with Gasteiger partial charge in [-0.3, -0.25) is 4.79 Å². The first-order chi connectivity index (χ1) is 9.06. The number of nitrogens with one attached hydrogen (secondary N) is 1. The van der Waals surface area contributed by atoms with E-state index in [-0.39, 0.29) is 11.9 Å². The van der Waals surface area contributed by atoms with Gasteiger partial charge in [-0.15, -0.1) is 0 Å². The number of halogens is 1. The number of piperidine rings is 1. The first-order valence-corrected chi connectivity index (χ1v) is 7.21. The van der Waals surface area contributed by atoms with Crippen LogP contribution in [0.15, 0.2) is 24.3 Å². The van der Waals surface area contributed by atoms with Crippen molar-refractivity contribution in [2.45, 2.75) is 38.8 Å². The summed E-state index contributed by atoms with van der Waals surface area (Å²) in [5.41, 5.74) is 1.21. The molecule has 0 aliphatic carbocycles. The molecule has 1 unspecified atom stereocenters. The van der Waals surface area contributed by atoms with Crippen molar-refractivity contribution in [1.29, 1.82) is 0 Å². The van der Waals surface area contributed by atoms with E-state index in [9.17, 15) is 4.79 Å². The molecule has 1 heterocycles. The molecular weight excluding hydrogens is 260 g/mol. The molecule has 0 aromatic heterocycles. The Morgan fingerprint density at radius 2 is 2.11 bits per heavy atom. The Morgan fingerprint density at radius 1 is 1.42 bits per heavy atom. The van der Waals surface area contributed by atoms with E-state index in [0.717, 1.165) is 31.0 Å². The molecule has 1 fully saturated rings. The van der Waals surface area contributed by atoms with E-state index in [4.69, 9.17) is 11.6 Å². The predicted octanol–water partition coefficient (Wildman–Crippen LogP) is 3.00. The summed E-state index contributed by atoms with van der Waals surface area (Å²) in [6.07, 6.45) is 2.04. The number of rotatable bonds is 3. The molecule has 1 aliphatic rings. The molecule has 1 aromatic carbocycles. The molecule has 1 amide bonds. The third-order valence-corrected chi connectivity index (χ3v) is 4.01. The largest absolute Gasteiger partial charge is 0.343 e. The molecule has 1 atom stereocenters. The fourth-order valence-corrected chi connectivity index (χ4v) is 2.79. The van der Waals surface area contributed by atoms with E-state index in [1.165, 1.54) is 5.56 Å². The average molecular weight is 281 g/mol. The van der Waals surface area contributed by atoms with E-state index >= 15 is 0 Å². The van der Waals surface area contributed by atoms with Crippen LogP contribution in [-0.4, -0.2) is 29.9 Å². The summed E-state index contributed by atoms with van der Waals surface area (Å²) in [7, 11) is 0. The average Bonchev–Trinajstić information content (AvgIpc) is 2.39. The molecule has 3 nitrogen and oxygen atoms in total. The van der Waals surface area contributed by atoms with Gasteiger partial charge in [-0.2, -0.15) is 0 Å². The zero-order chi connectivity index (χ0) is 13.8. The minimum Gasteiger partial charge on any atom is -0.343 e. The zero-order valence-corrected chi connectivity index (χ0v) is 12.3. The molecule has 104 valence electrons. The van der Waals surface area contributed by atoms with Gasteiger partial charge >= 0.3 is 0 Å². The summed E-state index contributed by atoms with van der Waals surface area (Å²) in [5.74, 6) is 0.182. The van der Waals surface area contributed by atoms with Gasteiger partial charge in [0, 0.05) is 37.1 Å². The number of benzene rings is 1. The van der Waals surface area contributed by atoms with E-state index in [0.29, 0.717) is 6.04 Å². The predicted molar refractivity (Wildman–Crippen MR) is 78.3 cm³/mol. The SMILES string of the molecule is CC(=O)N1CCC(NC(C)c2cccc(Cl)c2)CC1. The van der Waals surface area contributed by atoms with Crippen molar-refractivity contribution in [3.8, 4) is 0 Å². The summed E-state index contributed by atoms with van der Waals surface area (Å²) in [6, 6.07) is 8.73. The molecule has 1 N–H and O–H groups in total. The van der Waals surface area contributed by atoms with Crippen molar-refractivity contribution in [3.05, 3.63) is 34.9 Å². The number of likely N-dealkylation sites (tertiary alicyclic amines) is 1. The number of carbonyl (C=O) groups excluding carboxylic acids is 1. The van der Waals surface area contributed by atoms with Crippen molar-refractivity contribution < 1.29 is 4.79 Å². The number of amides is 1. The fourth-order valence-electron chi connectivity index (χ4n) is 2.59. The summed E-state index contributed by atoms with van der Waals surface area (Å²) in [6.45, 7) is 5.51. The van der Waals surface area contributed by atoms with Crippen LogP contribution in [0.5, 0.6) is 0 Å². The molecule has 0 bridgehead atoms. The van der Waals surface area contributed by atoms with Crippen LogP contribution in [0.1, 0.15) is 38.3 Å². The maximum Gasteiger partial charge on any atom is 0.219 e. The molecule has 4 heteroatoms. The molecule has 0 radical (unpaired) electrons. The highest BCUT2D eigenvalue weighted by atomic mass is 35.5. The molecule has 1 aliphatic heterocycles. The maximum atomic E-state index is 11.3. The van der Waals surface area contributed by atoms with Gasteiger partial charge in [0.1, 0.15) is 0 Å². The van der Waals surface area contributed by atoms with Gasteiger partial charge in [0.05, 0.1) is 0 Å². The van der Waals surface area contributed by atoms with Crippen molar-refractivity contribution in [1.82, 2.24) is 10.2 Å². The van der Waals surface area contributed by atoms with Crippen LogP contribution in [0.25, 0.3) is 0 Å². The van der Waals surface area contributed by atoms with Crippen LogP contribution in [0.2, 0.25) is 5.02 Å². The lowest BCUT2D eigenvalue weighted by Crippen LogP contribution is -2.44. The van der Waals surface area contributed by atoms with Gasteiger partial charge < -0.3 is 10.2 Å². The van der Waals surface area contributed by atoms with E-state index in [1.54, 1.807) is 6.92 Å². The van der Waals surface area contributed by atoms with Gasteiger partial charge in [0.25, 0.3) is 0 Å². The van der Waals surface area contributed by atoms with Crippen LogP contribution in [-0.2, 0) is 4.79 Å². The molecule has 1 saturated heterocycles. The van der Waals surface area contributed by atoms with Crippen LogP contribution in [0, 0.1) is 0 Å². The Kier molecular flexibility index (Phi) is 4.83. The Hall–Kier alpha value is -1.06. The Labute approximate surface area is 119 Å². The fraction of sp³-hybridized carbons (Fsp3) is 0.533. The van der Waals surface area contributed by atoms with Crippen LogP contribution in [0.4, 0.5) is 0 Å². The monoisotopic (exact) mass is 280 g/mol. The highest BCUT2D eigenvalue weighted by molar-refractivity contribution is 6.30. The number of nitrogens with zero attached hydrogens (tertiary/aromatic N) is 1. The Balaban J connectivity index is 1.87. The molecule has 1 aromatic rings. The second-order valence-corrected chi connectivity index (χ2v) is 5.66. The normalized spacial score (nSPS) is 18.4. The minimum absolute atomic E-state index is 0.182. The summed E-state index contributed by atoms with van der Waals surface area (Å²) < 4.78 is 0. The molecule has 2 rings (SSSR count). The van der Waals surface area contributed by atoms with Gasteiger partial charge in [-0.05, 0) is 37.5 Å². The van der Waals surface area contributed by atoms with Gasteiger partial charge in [0.2, 0.25) is 5.91 Å². The quantitative estimate of drug-likeness (QED) is 0.923. The topological polar surface area (TPSA) is 32.3 Å². The van der Waals surface area contributed by atoms with E-state index in [2.05, 4.69) is 18.3 Å². The molecular formula is C15H21ClN2O. The van der Waals surface area contributed by atoms with Gasteiger partial charge in [-0.1, -0.05) is 23.7 Å². The molecule has 19 heavy (non-hydrogen) atoms. The lowest BCUT2D eigenvalue weighted by molar-refractivity contribution is -0.129. The van der Waals surface area contributed by atoms with E-state index in [1.807, 2.05) is 23.1 Å². The zero-order valence-electron chi connectivity index (χ0n) is 11.5. The summed E-state index contributed by atoms with van der Waals surface area (Å²) >= 11 is 6.01. The standard InChI is InChI=1S/C15H21ClN2O/c1-11(13-4-3-5-14(16)10-13)17-15-6-8-18(9-7-15)12(2)19/h3-5,10-11,15,17H,6-9H2,1-2H3. The smallest absolute Gasteiger partial charge is 0.219 e. The lowest BCUT2D eigenvalue weighted by Gasteiger charge is -2.33. The van der Waals surface area contributed by atoms with Crippen molar-refractivity contribution in [3.63, 3.8) is 0 Å².